The summed E-state index contributed by atoms with van der Waals surface area (Å²) in [6.45, 7) is 2.64. The fourth-order valence-electron chi connectivity index (χ4n) is 1.70. The Labute approximate surface area is 106 Å². The van der Waals surface area contributed by atoms with Gasteiger partial charge >= 0.3 is 0 Å². The molecule has 0 aromatic heterocycles. The number of primary amides is 1. The van der Waals surface area contributed by atoms with E-state index in [-0.39, 0.29) is 11.8 Å². The maximum absolute atomic E-state index is 11.5. The number of nitrogens with one attached hydrogen (secondary N) is 2. The first-order chi connectivity index (χ1) is 8.18. The molecule has 1 rings (SSSR count). The van der Waals surface area contributed by atoms with Crippen molar-refractivity contribution in [3.05, 3.63) is 0 Å². The van der Waals surface area contributed by atoms with Crippen LogP contribution >= 0.6 is 11.8 Å². The van der Waals surface area contributed by atoms with Gasteiger partial charge < -0.3 is 16.4 Å². The van der Waals surface area contributed by atoms with E-state index in [1.165, 1.54) is 0 Å². The van der Waals surface area contributed by atoms with Gasteiger partial charge in [-0.25, -0.2) is 0 Å². The first kappa shape index (κ1) is 14.3. The summed E-state index contributed by atoms with van der Waals surface area (Å²) in [6, 6.07) is 0. The van der Waals surface area contributed by atoms with Crippen molar-refractivity contribution in [2.75, 3.05) is 25.4 Å². The van der Waals surface area contributed by atoms with E-state index in [4.69, 9.17) is 5.73 Å². The molecule has 0 aliphatic carbocycles. The van der Waals surface area contributed by atoms with Crippen LogP contribution in [0.25, 0.3) is 0 Å². The molecule has 1 heterocycles. The minimum absolute atomic E-state index is 0.0537. The Hall–Kier alpha value is -0.750. The Morgan fingerprint density at radius 2 is 2.06 bits per heavy atom. The van der Waals surface area contributed by atoms with Crippen LogP contribution < -0.4 is 16.4 Å². The normalized spacial score (nSPS) is 16.7. The van der Waals surface area contributed by atoms with E-state index >= 15 is 0 Å². The van der Waals surface area contributed by atoms with Gasteiger partial charge in [-0.3, -0.25) is 9.59 Å². The van der Waals surface area contributed by atoms with Gasteiger partial charge in [0.15, 0.2) is 0 Å². The molecule has 0 radical (unpaired) electrons. The van der Waals surface area contributed by atoms with Crippen LogP contribution in [0, 0.1) is 0 Å². The molecule has 0 saturated carbocycles. The molecular weight excluding hydrogens is 238 g/mol. The summed E-state index contributed by atoms with van der Waals surface area (Å²) in [5.74, 6) is 0.252. The maximum atomic E-state index is 11.5. The second-order valence-electron chi connectivity index (χ2n) is 4.18. The van der Waals surface area contributed by atoms with Crippen LogP contribution in [0.4, 0.5) is 0 Å². The van der Waals surface area contributed by atoms with Crippen molar-refractivity contribution in [3.8, 4) is 0 Å². The van der Waals surface area contributed by atoms with Gasteiger partial charge in [0.05, 0.1) is 5.75 Å². The molecule has 0 aromatic carbocycles. The zero-order chi connectivity index (χ0) is 12.5. The SMILES string of the molecule is NC(=O)CCCNC(=O)CSC1CCNCC1. The standard InChI is InChI=1S/C11H21N3O2S/c12-10(15)2-1-5-14-11(16)8-17-9-3-6-13-7-4-9/h9,13H,1-8H2,(H2,12,15)(H,14,16). The van der Waals surface area contributed by atoms with Crippen molar-refractivity contribution in [1.29, 1.82) is 0 Å². The molecule has 1 fully saturated rings. The number of thioether (sulfide) groups is 1. The average Bonchev–Trinajstić information content (AvgIpc) is 2.33. The lowest BCUT2D eigenvalue weighted by atomic mass is 10.2. The number of piperidine rings is 1. The maximum Gasteiger partial charge on any atom is 0.230 e. The third kappa shape index (κ3) is 7.23. The lowest BCUT2D eigenvalue weighted by Crippen LogP contribution is -2.31. The van der Waals surface area contributed by atoms with Gasteiger partial charge in [0.2, 0.25) is 11.8 Å². The summed E-state index contributed by atoms with van der Waals surface area (Å²) in [4.78, 5) is 21.9. The van der Waals surface area contributed by atoms with Gasteiger partial charge in [-0.1, -0.05) is 0 Å². The fraction of sp³-hybridized carbons (Fsp3) is 0.818. The third-order valence-corrected chi connectivity index (χ3v) is 4.03. The van der Waals surface area contributed by atoms with Crippen molar-refractivity contribution in [3.63, 3.8) is 0 Å². The molecule has 0 bridgehead atoms. The third-order valence-electron chi connectivity index (χ3n) is 2.66. The molecule has 1 aliphatic heterocycles. The second kappa shape index (κ2) is 8.36. The van der Waals surface area contributed by atoms with E-state index in [9.17, 15) is 9.59 Å². The first-order valence-electron chi connectivity index (χ1n) is 6.06. The summed E-state index contributed by atoms with van der Waals surface area (Å²) in [7, 11) is 0. The monoisotopic (exact) mass is 259 g/mol. The summed E-state index contributed by atoms with van der Waals surface area (Å²) in [6.07, 6.45) is 3.24. The van der Waals surface area contributed by atoms with Crippen LogP contribution in [0.3, 0.4) is 0 Å². The van der Waals surface area contributed by atoms with Gasteiger partial charge in [0, 0.05) is 18.2 Å². The van der Waals surface area contributed by atoms with Crippen LogP contribution in [0.5, 0.6) is 0 Å². The average molecular weight is 259 g/mol. The Morgan fingerprint density at radius 1 is 1.35 bits per heavy atom. The van der Waals surface area contributed by atoms with Gasteiger partial charge in [-0.05, 0) is 32.4 Å². The van der Waals surface area contributed by atoms with Crippen molar-refractivity contribution in [2.45, 2.75) is 30.9 Å². The Kier molecular flexibility index (Phi) is 7.04. The quantitative estimate of drug-likeness (QED) is 0.555. The minimum atomic E-state index is -0.316. The molecular formula is C11H21N3O2S. The predicted octanol–water partition coefficient (Wildman–Crippen LogP) is -0.147. The van der Waals surface area contributed by atoms with E-state index in [0.717, 1.165) is 25.9 Å². The van der Waals surface area contributed by atoms with Crippen LogP contribution in [0.1, 0.15) is 25.7 Å². The number of hydrogen-bond donors (Lipinski definition) is 3. The molecule has 0 unspecified atom stereocenters. The van der Waals surface area contributed by atoms with Gasteiger partial charge in [-0.2, -0.15) is 0 Å². The fourth-order valence-corrected chi connectivity index (χ4v) is 2.76. The molecule has 4 N–H and O–H groups in total. The number of carbonyl (C=O) groups is 2. The molecule has 5 nitrogen and oxygen atoms in total. The van der Waals surface area contributed by atoms with Gasteiger partial charge in [0.25, 0.3) is 0 Å². The molecule has 98 valence electrons. The van der Waals surface area contributed by atoms with Crippen LogP contribution in [-0.4, -0.2) is 42.5 Å². The van der Waals surface area contributed by atoms with Crippen molar-refractivity contribution in [2.24, 2.45) is 5.73 Å². The minimum Gasteiger partial charge on any atom is -0.370 e. The number of hydrogen-bond acceptors (Lipinski definition) is 4. The first-order valence-corrected chi connectivity index (χ1v) is 7.10. The van der Waals surface area contributed by atoms with Gasteiger partial charge in [-0.15, -0.1) is 11.8 Å². The highest BCUT2D eigenvalue weighted by molar-refractivity contribution is 8.00. The molecule has 0 atom stereocenters. The van der Waals surface area contributed by atoms with Crippen molar-refractivity contribution >= 4 is 23.6 Å². The Balaban J connectivity index is 1.98. The number of carbonyl (C=O) groups excluding carboxylic acids is 2. The summed E-state index contributed by atoms with van der Waals surface area (Å²) < 4.78 is 0. The highest BCUT2D eigenvalue weighted by Gasteiger charge is 2.14. The lowest BCUT2D eigenvalue weighted by molar-refractivity contribution is -0.120. The molecule has 17 heavy (non-hydrogen) atoms. The highest BCUT2D eigenvalue weighted by Crippen LogP contribution is 2.19. The Morgan fingerprint density at radius 3 is 2.71 bits per heavy atom. The van der Waals surface area contributed by atoms with Gasteiger partial charge in [0.1, 0.15) is 0 Å². The summed E-state index contributed by atoms with van der Waals surface area (Å²) >= 11 is 1.73. The second-order valence-corrected chi connectivity index (χ2v) is 5.47. The number of nitrogens with two attached hydrogens (primary N) is 1. The lowest BCUT2D eigenvalue weighted by Gasteiger charge is -2.21. The molecule has 6 heteroatoms. The number of amides is 2. The van der Waals surface area contributed by atoms with Crippen molar-refractivity contribution < 1.29 is 9.59 Å². The van der Waals surface area contributed by atoms with E-state index in [0.29, 0.717) is 30.4 Å². The topological polar surface area (TPSA) is 84.2 Å². The number of rotatable bonds is 7. The molecule has 1 saturated heterocycles. The van der Waals surface area contributed by atoms with E-state index < -0.39 is 0 Å². The molecule has 0 spiro atoms. The van der Waals surface area contributed by atoms with Crippen LogP contribution in [0.2, 0.25) is 0 Å². The molecule has 1 aliphatic rings. The largest absolute Gasteiger partial charge is 0.370 e. The van der Waals surface area contributed by atoms with E-state index in [2.05, 4.69) is 10.6 Å². The molecule has 0 aromatic rings. The summed E-state index contributed by atoms with van der Waals surface area (Å²) in [5, 5.41) is 6.70. The van der Waals surface area contributed by atoms with Crippen molar-refractivity contribution in [1.82, 2.24) is 10.6 Å². The smallest absolute Gasteiger partial charge is 0.230 e. The van der Waals surface area contributed by atoms with E-state index in [1.54, 1.807) is 11.8 Å². The summed E-state index contributed by atoms with van der Waals surface area (Å²) in [5.41, 5.74) is 5.00. The highest BCUT2D eigenvalue weighted by atomic mass is 32.2. The zero-order valence-electron chi connectivity index (χ0n) is 10.0. The predicted molar refractivity (Wildman–Crippen MR) is 69.8 cm³/mol. The van der Waals surface area contributed by atoms with Crippen LogP contribution in [0.15, 0.2) is 0 Å². The van der Waals surface area contributed by atoms with Crippen LogP contribution in [-0.2, 0) is 9.59 Å². The zero-order valence-corrected chi connectivity index (χ0v) is 10.9. The van der Waals surface area contributed by atoms with E-state index in [1.807, 2.05) is 0 Å². The molecule has 2 amide bonds. The Bertz CT molecular complexity index is 255.